The molecule has 1 unspecified atom stereocenters. The van der Waals surface area contributed by atoms with Crippen LogP contribution in [0.2, 0.25) is 0 Å². The fourth-order valence-electron chi connectivity index (χ4n) is 4.18. The largest absolute Gasteiger partial charge is 0.489 e. The molecular weight excluding hydrogens is 422 g/mol. The van der Waals surface area contributed by atoms with Crippen LogP contribution < -0.4 is 9.47 Å². The smallest absolute Gasteiger partial charge is 0.293 e. The normalized spacial score (nSPS) is 21.7. The first-order chi connectivity index (χ1) is 15.1. The number of fused-ring (bicyclic) bond motifs is 1. The van der Waals surface area contributed by atoms with Gasteiger partial charge in [0.25, 0.3) is 11.1 Å². The Bertz CT molecular complexity index is 1140. The molecular formula is C26H29NO4S. The lowest BCUT2D eigenvalue weighted by Gasteiger charge is -2.38. The molecule has 2 aromatic carbocycles. The summed E-state index contributed by atoms with van der Waals surface area (Å²) in [5.41, 5.74) is 6.98. The van der Waals surface area contributed by atoms with Crippen molar-refractivity contribution in [1.29, 1.82) is 0 Å². The highest BCUT2D eigenvalue weighted by Gasteiger charge is 2.35. The zero-order valence-electron chi connectivity index (χ0n) is 19.5. The van der Waals surface area contributed by atoms with Gasteiger partial charge in [0, 0.05) is 7.05 Å². The molecule has 1 saturated heterocycles. The van der Waals surface area contributed by atoms with Gasteiger partial charge in [-0.3, -0.25) is 14.5 Å². The Hall–Kier alpha value is -2.73. The SMILES string of the molecule is Cc1c(C)c(C)c2c(c1C)CCC(C)(COc1ccc(C=C3SC(=O)N(C)C3=O)cc1)O2. The number of thioether (sulfide) groups is 1. The third kappa shape index (κ3) is 4.04. The van der Waals surface area contributed by atoms with Gasteiger partial charge >= 0.3 is 0 Å². The summed E-state index contributed by atoms with van der Waals surface area (Å²) in [7, 11) is 1.49. The first kappa shape index (κ1) is 22.5. The van der Waals surface area contributed by atoms with Crippen LogP contribution in [-0.4, -0.2) is 35.3 Å². The van der Waals surface area contributed by atoms with Gasteiger partial charge in [0.05, 0.1) is 4.91 Å². The van der Waals surface area contributed by atoms with E-state index in [1.807, 2.05) is 24.3 Å². The Balaban J connectivity index is 1.44. The number of carbonyl (C=O) groups excluding carboxylic acids is 2. The molecule has 5 nitrogen and oxygen atoms in total. The number of imide groups is 1. The number of nitrogens with zero attached hydrogens (tertiary/aromatic N) is 1. The van der Waals surface area contributed by atoms with Crippen molar-refractivity contribution in [3.8, 4) is 11.5 Å². The van der Waals surface area contributed by atoms with Crippen LogP contribution in [0, 0.1) is 27.7 Å². The molecule has 0 aliphatic carbocycles. The topological polar surface area (TPSA) is 55.8 Å². The van der Waals surface area contributed by atoms with Crippen LogP contribution in [-0.2, 0) is 11.2 Å². The van der Waals surface area contributed by atoms with E-state index in [0.29, 0.717) is 11.5 Å². The summed E-state index contributed by atoms with van der Waals surface area (Å²) in [6.45, 7) is 11.2. The number of rotatable bonds is 4. The maximum Gasteiger partial charge on any atom is 0.293 e. The standard InChI is InChI=1S/C26H29NO4S/c1-15-16(2)18(4)23-21(17(15)3)11-12-26(5,31-23)14-30-20-9-7-19(8-10-20)13-22-24(28)27(6)25(29)32-22/h7-10,13H,11-12,14H2,1-6H3. The van der Waals surface area contributed by atoms with Gasteiger partial charge in [0.15, 0.2) is 0 Å². The van der Waals surface area contributed by atoms with Gasteiger partial charge in [-0.05, 0) is 111 Å². The maximum atomic E-state index is 12.0. The molecule has 2 aliphatic heterocycles. The molecule has 6 heteroatoms. The first-order valence-electron chi connectivity index (χ1n) is 10.8. The summed E-state index contributed by atoms with van der Waals surface area (Å²) in [6, 6.07) is 7.53. The summed E-state index contributed by atoms with van der Waals surface area (Å²) < 4.78 is 12.6. The summed E-state index contributed by atoms with van der Waals surface area (Å²) in [4.78, 5) is 25.3. The Morgan fingerprint density at radius 3 is 2.34 bits per heavy atom. The van der Waals surface area contributed by atoms with Gasteiger partial charge < -0.3 is 9.47 Å². The quantitative estimate of drug-likeness (QED) is 0.554. The van der Waals surface area contributed by atoms with E-state index in [9.17, 15) is 9.59 Å². The monoisotopic (exact) mass is 451 g/mol. The zero-order valence-corrected chi connectivity index (χ0v) is 20.3. The highest BCUT2D eigenvalue weighted by molar-refractivity contribution is 8.18. The molecule has 2 aromatic rings. The second-order valence-corrected chi connectivity index (χ2v) is 9.95. The van der Waals surface area contributed by atoms with Crippen molar-refractivity contribution in [2.45, 2.75) is 53.1 Å². The molecule has 0 spiro atoms. The fraction of sp³-hybridized carbons (Fsp3) is 0.385. The van der Waals surface area contributed by atoms with Crippen LogP contribution in [0.25, 0.3) is 6.08 Å². The number of ether oxygens (including phenoxy) is 2. The molecule has 0 saturated carbocycles. The van der Waals surface area contributed by atoms with Gasteiger partial charge in [-0.15, -0.1) is 0 Å². The molecule has 1 fully saturated rings. The maximum absolute atomic E-state index is 12.0. The molecule has 2 aliphatic rings. The molecule has 1 atom stereocenters. The summed E-state index contributed by atoms with van der Waals surface area (Å²) >= 11 is 0.958. The van der Waals surface area contributed by atoms with Crippen molar-refractivity contribution >= 4 is 29.0 Å². The Labute approximate surface area is 193 Å². The van der Waals surface area contributed by atoms with Gasteiger partial charge in [-0.25, -0.2) is 0 Å². The fourth-order valence-corrected chi connectivity index (χ4v) is 5.00. The molecule has 2 heterocycles. The van der Waals surface area contributed by atoms with E-state index in [1.165, 1.54) is 34.9 Å². The highest BCUT2D eigenvalue weighted by atomic mass is 32.2. The minimum Gasteiger partial charge on any atom is -0.489 e. The first-order valence-corrected chi connectivity index (χ1v) is 11.6. The number of likely N-dealkylation sites (N-methyl/N-ethyl adjacent to an activating group) is 1. The average molecular weight is 452 g/mol. The number of hydrogen-bond acceptors (Lipinski definition) is 5. The van der Waals surface area contributed by atoms with Crippen molar-refractivity contribution in [2.24, 2.45) is 0 Å². The van der Waals surface area contributed by atoms with E-state index < -0.39 is 5.60 Å². The predicted molar refractivity (Wildman–Crippen MR) is 128 cm³/mol. The molecule has 168 valence electrons. The molecule has 32 heavy (non-hydrogen) atoms. The zero-order chi connectivity index (χ0) is 23.2. The number of amides is 2. The lowest BCUT2D eigenvalue weighted by molar-refractivity contribution is -0.121. The van der Waals surface area contributed by atoms with E-state index in [-0.39, 0.29) is 11.1 Å². The van der Waals surface area contributed by atoms with Crippen molar-refractivity contribution in [3.63, 3.8) is 0 Å². The lowest BCUT2D eigenvalue weighted by atomic mass is 9.85. The lowest BCUT2D eigenvalue weighted by Crippen LogP contribution is -2.42. The summed E-state index contributed by atoms with van der Waals surface area (Å²) in [5.74, 6) is 1.50. The second-order valence-electron chi connectivity index (χ2n) is 8.96. The second kappa shape index (κ2) is 8.32. The molecule has 0 bridgehead atoms. The van der Waals surface area contributed by atoms with E-state index in [4.69, 9.17) is 9.47 Å². The van der Waals surface area contributed by atoms with Crippen LogP contribution in [0.1, 0.15) is 46.7 Å². The number of benzene rings is 2. The summed E-state index contributed by atoms with van der Waals surface area (Å²) in [5, 5.41) is -0.251. The highest BCUT2D eigenvalue weighted by Crippen LogP contribution is 2.41. The van der Waals surface area contributed by atoms with E-state index in [1.54, 1.807) is 6.08 Å². The Morgan fingerprint density at radius 1 is 1.06 bits per heavy atom. The molecule has 4 rings (SSSR count). The molecule has 0 N–H and O–H groups in total. The third-order valence-corrected chi connectivity index (χ3v) is 7.68. The third-order valence-electron chi connectivity index (χ3n) is 6.72. The number of hydrogen-bond donors (Lipinski definition) is 0. The average Bonchev–Trinajstić information content (AvgIpc) is 3.02. The van der Waals surface area contributed by atoms with Crippen molar-refractivity contribution in [3.05, 3.63) is 62.6 Å². The van der Waals surface area contributed by atoms with Crippen molar-refractivity contribution < 1.29 is 19.1 Å². The summed E-state index contributed by atoms with van der Waals surface area (Å²) in [6.07, 6.45) is 3.61. The van der Waals surface area contributed by atoms with E-state index in [2.05, 4.69) is 34.6 Å². The Morgan fingerprint density at radius 2 is 1.72 bits per heavy atom. The van der Waals surface area contributed by atoms with E-state index in [0.717, 1.165) is 46.6 Å². The van der Waals surface area contributed by atoms with Gasteiger partial charge in [-0.2, -0.15) is 0 Å². The van der Waals surface area contributed by atoms with E-state index >= 15 is 0 Å². The van der Waals surface area contributed by atoms with Crippen LogP contribution >= 0.6 is 11.8 Å². The van der Waals surface area contributed by atoms with Gasteiger partial charge in [-0.1, -0.05) is 12.1 Å². The van der Waals surface area contributed by atoms with Crippen LogP contribution in [0.5, 0.6) is 11.5 Å². The minimum atomic E-state index is -0.398. The van der Waals surface area contributed by atoms with Gasteiger partial charge in [0.2, 0.25) is 0 Å². The van der Waals surface area contributed by atoms with Crippen LogP contribution in [0.4, 0.5) is 4.79 Å². The predicted octanol–water partition coefficient (Wildman–Crippen LogP) is 5.75. The molecule has 0 radical (unpaired) electrons. The van der Waals surface area contributed by atoms with Gasteiger partial charge in [0.1, 0.15) is 23.7 Å². The van der Waals surface area contributed by atoms with Crippen molar-refractivity contribution in [1.82, 2.24) is 4.90 Å². The molecule has 2 amide bonds. The van der Waals surface area contributed by atoms with Crippen LogP contribution in [0.15, 0.2) is 29.2 Å². The van der Waals surface area contributed by atoms with Crippen LogP contribution in [0.3, 0.4) is 0 Å². The minimum absolute atomic E-state index is 0.251. The van der Waals surface area contributed by atoms with Crippen molar-refractivity contribution in [2.75, 3.05) is 13.7 Å². The Kier molecular flexibility index (Phi) is 5.84. The number of carbonyl (C=O) groups is 2. The molecule has 0 aromatic heterocycles.